The molecule has 0 saturated heterocycles. The maximum Gasteiger partial charge on any atom is 0.205 e. The van der Waals surface area contributed by atoms with E-state index in [0.29, 0.717) is 0 Å². The van der Waals surface area contributed by atoms with Crippen LogP contribution >= 0.6 is 8.38 Å². The van der Waals surface area contributed by atoms with Crippen LogP contribution in [-0.2, 0) is 9.05 Å². The van der Waals surface area contributed by atoms with E-state index < -0.39 is 8.38 Å². The maximum atomic E-state index is 6.32. The Bertz CT molecular complexity index is 628. The standard InChI is InChI=1S/C42H79O2P/c1-3-5-7-9-11-13-15-17-19-21-23-25-27-29-31-36-40-43-45(42-38-34-33-35-39-42)44-41-37-32-30-28-26-24-22-20-18-16-14-12-10-8-6-4-2/h33-35,38-39H,3-32,36-37,40-41H2,1-2H3. The third-order valence-corrected chi connectivity index (χ3v) is 10.9. The smallest absolute Gasteiger partial charge is 0.205 e. The SMILES string of the molecule is CCCCCCCCCCCCCCCCCCOP(OCCCCCCCCCCCCCCCCCC)c1ccccc1. The highest BCUT2D eigenvalue weighted by molar-refractivity contribution is 7.56. The van der Waals surface area contributed by atoms with Crippen molar-refractivity contribution < 1.29 is 9.05 Å². The van der Waals surface area contributed by atoms with Gasteiger partial charge in [-0.1, -0.05) is 225 Å². The zero-order chi connectivity index (χ0) is 32.1. The molecule has 2 nitrogen and oxygen atoms in total. The van der Waals surface area contributed by atoms with Crippen LogP contribution in [0.3, 0.4) is 0 Å². The van der Waals surface area contributed by atoms with Crippen molar-refractivity contribution in [2.75, 3.05) is 13.2 Å². The van der Waals surface area contributed by atoms with Crippen molar-refractivity contribution >= 4 is 13.7 Å². The highest BCUT2D eigenvalue weighted by Crippen LogP contribution is 2.37. The Balaban J connectivity index is 1.94. The summed E-state index contributed by atoms with van der Waals surface area (Å²) in [5.74, 6) is 0. The van der Waals surface area contributed by atoms with E-state index in [-0.39, 0.29) is 0 Å². The highest BCUT2D eigenvalue weighted by atomic mass is 31.2. The summed E-state index contributed by atoms with van der Waals surface area (Å²) < 4.78 is 12.6. The third kappa shape index (κ3) is 30.6. The molecule has 0 aromatic heterocycles. The van der Waals surface area contributed by atoms with Crippen molar-refractivity contribution in [1.29, 1.82) is 0 Å². The van der Waals surface area contributed by atoms with E-state index in [0.717, 1.165) is 26.1 Å². The minimum absolute atomic E-state index is 0.831. The molecule has 0 atom stereocenters. The van der Waals surface area contributed by atoms with Crippen molar-refractivity contribution in [3.63, 3.8) is 0 Å². The molecule has 0 radical (unpaired) electrons. The maximum absolute atomic E-state index is 6.32. The molecule has 45 heavy (non-hydrogen) atoms. The topological polar surface area (TPSA) is 18.5 Å². The molecule has 0 aliphatic rings. The molecule has 264 valence electrons. The molecule has 0 unspecified atom stereocenters. The molecule has 0 heterocycles. The van der Waals surface area contributed by atoms with Gasteiger partial charge in [-0.3, -0.25) is 0 Å². The average Bonchev–Trinajstić information content (AvgIpc) is 3.07. The van der Waals surface area contributed by atoms with Crippen LogP contribution in [0.4, 0.5) is 0 Å². The van der Waals surface area contributed by atoms with E-state index in [1.807, 2.05) is 0 Å². The van der Waals surface area contributed by atoms with Crippen LogP contribution in [0.2, 0.25) is 0 Å². The van der Waals surface area contributed by atoms with Gasteiger partial charge in [0.25, 0.3) is 0 Å². The summed E-state index contributed by atoms with van der Waals surface area (Å²) in [5.41, 5.74) is 0. The average molecular weight is 647 g/mol. The van der Waals surface area contributed by atoms with Gasteiger partial charge < -0.3 is 9.05 Å². The van der Waals surface area contributed by atoms with Gasteiger partial charge in [-0.25, -0.2) is 0 Å². The molecule has 0 bridgehead atoms. The van der Waals surface area contributed by atoms with E-state index in [1.165, 1.54) is 198 Å². The molecule has 1 rings (SSSR count). The van der Waals surface area contributed by atoms with Crippen molar-refractivity contribution in [3.05, 3.63) is 30.3 Å². The lowest BCUT2D eigenvalue weighted by Crippen LogP contribution is -2.07. The van der Waals surface area contributed by atoms with Crippen LogP contribution in [0.25, 0.3) is 0 Å². The zero-order valence-electron chi connectivity index (χ0n) is 30.7. The van der Waals surface area contributed by atoms with E-state index in [1.54, 1.807) is 0 Å². The van der Waals surface area contributed by atoms with Crippen LogP contribution in [0.15, 0.2) is 30.3 Å². The second kappa shape index (κ2) is 36.4. The monoisotopic (exact) mass is 647 g/mol. The molecular formula is C42H79O2P. The lowest BCUT2D eigenvalue weighted by molar-refractivity contribution is 0.246. The minimum Gasteiger partial charge on any atom is -0.331 e. The van der Waals surface area contributed by atoms with Crippen LogP contribution in [0.5, 0.6) is 0 Å². The Morgan fingerprint density at radius 3 is 0.844 bits per heavy atom. The van der Waals surface area contributed by atoms with Gasteiger partial charge in [-0.2, -0.15) is 0 Å². The normalized spacial score (nSPS) is 11.6. The number of benzene rings is 1. The number of unbranched alkanes of at least 4 members (excludes halogenated alkanes) is 30. The fourth-order valence-corrected chi connectivity index (χ4v) is 7.71. The number of rotatable bonds is 37. The quantitative estimate of drug-likeness (QED) is 0.0529. The van der Waals surface area contributed by atoms with Gasteiger partial charge in [0.1, 0.15) is 0 Å². The molecule has 0 saturated carbocycles. The molecule has 1 aromatic rings. The third-order valence-electron chi connectivity index (χ3n) is 9.38. The molecule has 0 amide bonds. The molecule has 0 aliphatic heterocycles. The van der Waals surface area contributed by atoms with E-state index in [4.69, 9.17) is 9.05 Å². The van der Waals surface area contributed by atoms with Gasteiger partial charge in [0.15, 0.2) is 0 Å². The summed E-state index contributed by atoms with van der Waals surface area (Å²) in [4.78, 5) is 0. The fourth-order valence-electron chi connectivity index (χ4n) is 6.33. The summed E-state index contributed by atoms with van der Waals surface area (Å²) in [5, 5.41) is 1.22. The van der Waals surface area contributed by atoms with E-state index in [2.05, 4.69) is 44.2 Å². The summed E-state index contributed by atoms with van der Waals surface area (Å²) in [7, 11) is -0.943. The fraction of sp³-hybridized carbons (Fsp3) is 0.857. The van der Waals surface area contributed by atoms with Gasteiger partial charge in [0.05, 0.1) is 13.2 Å². The molecule has 1 aromatic carbocycles. The van der Waals surface area contributed by atoms with Crippen molar-refractivity contribution in [2.45, 2.75) is 219 Å². The summed E-state index contributed by atoms with van der Waals surface area (Å²) >= 11 is 0. The Morgan fingerprint density at radius 1 is 0.333 bits per heavy atom. The van der Waals surface area contributed by atoms with Crippen molar-refractivity contribution in [3.8, 4) is 0 Å². The number of hydrogen-bond acceptors (Lipinski definition) is 2. The van der Waals surface area contributed by atoms with Gasteiger partial charge >= 0.3 is 0 Å². The van der Waals surface area contributed by atoms with Crippen molar-refractivity contribution in [1.82, 2.24) is 0 Å². The van der Waals surface area contributed by atoms with Gasteiger partial charge in [-0.15, -0.1) is 0 Å². The molecule has 0 N–H and O–H groups in total. The van der Waals surface area contributed by atoms with Crippen molar-refractivity contribution in [2.24, 2.45) is 0 Å². The summed E-state index contributed by atoms with van der Waals surface area (Å²) in [6.45, 7) is 6.27. The molecular weight excluding hydrogens is 567 g/mol. The second-order valence-corrected chi connectivity index (χ2v) is 15.4. The van der Waals surface area contributed by atoms with Crippen LogP contribution in [0.1, 0.15) is 219 Å². The highest BCUT2D eigenvalue weighted by Gasteiger charge is 2.13. The summed E-state index contributed by atoms with van der Waals surface area (Å²) in [6.07, 6.45) is 44.9. The first-order valence-corrected chi connectivity index (χ1v) is 21.7. The Morgan fingerprint density at radius 2 is 0.578 bits per heavy atom. The van der Waals surface area contributed by atoms with Gasteiger partial charge in [-0.05, 0) is 25.0 Å². The largest absolute Gasteiger partial charge is 0.331 e. The first kappa shape index (κ1) is 42.6. The first-order chi connectivity index (χ1) is 22.4. The Kier molecular flexibility index (Phi) is 34.5. The Labute approximate surface area is 284 Å². The predicted molar refractivity (Wildman–Crippen MR) is 204 cm³/mol. The van der Waals surface area contributed by atoms with Crippen LogP contribution in [-0.4, -0.2) is 13.2 Å². The second-order valence-electron chi connectivity index (χ2n) is 13.9. The Hall–Kier alpha value is -0.430. The molecule has 3 heteroatoms. The molecule has 0 spiro atoms. The van der Waals surface area contributed by atoms with Gasteiger partial charge in [0.2, 0.25) is 8.38 Å². The lowest BCUT2D eigenvalue weighted by Gasteiger charge is -2.18. The van der Waals surface area contributed by atoms with Gasteiger partial charge in [0, 0.05) is 5.30 Å². The van der Waals surface area contributed by atoms with E-state index >= 15 is 0 Å². The number of hydrogen-bond donors (Lipinski definition) is 0. The van der Waals surface area contributed by atoms with Crippen LogP contribution < -0.4 is 5.30 Å². The lowest BCUT2D eigenvalue weighted by atomic mass is 10.0. The predicted octanol–water partition coefficient (Wildman–Crippen LogP) is 15.2. The van der Waals surface area contributed by atoms with Crippen LogP contribution in [0, 0.1) is 0 Å². The van der Waals surface area contributed by atoms with E-state index in [9.17, 15) is 0 Å². The molecule has 0 fully saturated rings. The molecule has 0 aliphatic carbocycles. The minimum atomic E-state index is -0.943. The zero-order valence-corrected chi connectivity index (χ0v) is 31.6. The first-order valence-electron chi connectivity index (χ1n) is 20.5. The summed E-state index contributed by atoms with van der Waals surface area (Å²) in [6, 6.07) is 10.7.